The van der Waals surface area contributed by atoms with Crippen molar-refractivity contribution in [2.75, 3.05) is 53.6 Å². The number of carbonyl (C=O) groups excluding carboxylic acids is 1. The number of rotatable bonds is 7. The number of benzene rings is 1. The van der Waals surface area contributed by atoms with E-state index in [1.807, 2.05) is 14.1 Å². The molecule has 1 aliphatic heterocycles. The Morgan fingerprint density at radius 3 is 2.45 bits per heavy atom. The van der Waals surface area contributed by atoms with Crippen LogP contribution in [0.3, 0.4) is 0 Å². The van der Waals surface area contributed by atoms with Crippen molar-refractivity contribution in [3.63, 3.8) is 0 Å². The highest BCUT2D eigenvalue weighted by atomic mass is 32.2. The molecule has 0 N–H and O–H groups in total. The van der Waals surface area contributed by atoms with Crippen molar-refractivity contribution in [3.8, 4) is 5.75 Å². The van der Waals surface area contributed by atoms with Crippen LogP contribution in [0.1, 0.15) is 44.5 Å². The van der Waals surface area contributed by atoms with Gasteiger partial charge in [-0.25, -0.2) is 13.2 Å². The van der Waals surface area contributed by atoms with Crippen molar-refractivity contribution < 1.29 is 26.9 Å². The Kier molecular flexibility index (Phi) is 6.58. The summed E-state index contributed by atoms with van der Waals surface area (Å²) in [7, 11) is 4.21. The zero-order valence-electron chi connectivity index (χ0n) is 19.3. The van der Waals surface area contributed by atoms with E-state index in [2.05, 4.69) is 27.8 Å². The molecular weight excluding hydrogens is 388 g/mol. The fourth-order valence-electron chi connectivity index (χ4n) is 5.15. The maximum absolute atomic E-state index is 13.6. The van der Waals surface area contributed by atoms with Gasteiger partial charge in [0.05, 0.1) is 52.0 Å². The van der Waals surface area contributed by atoms with E-state index >= 15 is 0 Å². The SMILES string of the molecule is CC[N+]1(C)CC(C)CC1(C)C[N+](C)(C)C(=O)c1cc(S(=O)(=O)CC)ccc1OC. The van der Waals surface area contributed by atoms with Gasteiger partial charge >= 0.3 is 5.91 Å². The number of likely N-dealkylation sites (N-methyl/N-ethyl adjacent to an activating group) is 2. The molecule has 29 heavy (non-hydrogen) atoms. The molecule has 3 atom stereocenters. The zero-order valence-corrected chi connectivity index (χ0v) is 20.1. The lowest BCUT2D eigenvalue weighted by Gasteiger charge is -2.46. The second-order valence-electron chi connectivity index (χ2n) is 9.61. The molecule has 0 saturated carbocycles. The fourth-order valence-corrected chi connectivity index (χ4v) is 6.06. The molecule has 0 bridgehead atoms. The van der Waals surface area contributed by atoms with Crippen LogP contribution in [0.25, 0.3) is 0 Å². The molecule has 1 aromatic rings. The van der Waals surface area contributed by atoms with Crippen LogP contribution in [0, 0.1) is 5.92 Å². The highest BCUT2D eigenvalue weighted by Gasteiger charge is 2.55. The van der Waals surface area contributed by atoms with E-state index in [1.54, 1.807) is 13.0 Å². The number of amides is 1. The first-order valence-corrected chi connectivity index (χ1v) is 12.0. The van der Waals surface area contributed by atoms with Crippen molar-refractivity contribution in [1.29, 1.82) is 0 Å². The maximum Gasteiger partial charge on any atom is 0.349 e. The van der Waals surface area contributed by atoms with Gasteiger partial charge in [0.1, 0.15) is 23.4 Å². The highest BCUT2D eigenvalue weighted by Crippen LogP contribution is 2.40. The van der Waals surface area contributed by atoms with Crippen molar-refractivity contribution in [2.24, 2.45) is 5.92 Å². The second kappa shape index (κ2) is 8.00. The lowest BCUT2D eigenvalue weighted by molar-refractivity contribution is -0.969. The van der Waals surface area contributed by atoms with Crippen LogP contribution in [-0.2, 0) is 9.84 Å². The molecule has 3 unspecified atom stereocenters. The predicted octanol–water partition coefficient (Wildman–Crippen LogP) is 2.97. The van der Waals surface area contributed by atoms with Gasteiger partial charge in [-0.2, -0.15) is 0 Å². The number of likely N-dealkylation sites (tertiary alicyclic amines) is 1. The summed E-state index contributed by atoms with van der Waals surface area (Å²) in [6.07, 6.45) is 1.06. The molecule has 0 aliphatic carbocycles. The van der Waals surface area contributed by atoms with Crippen LogP contribution in [-0.4, -0.2) is 82.5 Å². The largest absolute Gasteiger partial charge is 0.496 e. The molecule has 1 fully saturated rings. The minimum absolute atomic E-state index is 0.00644. The van der Waals surface area contributed by atoms with Crippen molar-refractivity contribution in [3.05, 3.63) is 23.8 Å². The Bertz CT molecular complexity index is 881. The van der Waals surface area contributed by atoms with Gasteiger partial charge in [-0.05, 0) is 32.0 Å². The van der Waals surface area contributed by atoms with Crippen molar-refractivity contribution in [1.82, 2.24) is 0 Å². The Balaban J connectivity index is 2.46. The third-order valence-electron chi connectivity index (χ3n) is 6.93. The van der Waals surface area contributed by atoms with E-state index in [0.29, 0.717) is 23.8 Å². The molecule has 1 amide bonds. The van der Waals surface area contributed by atoms with Crippen molar-refractivity contribution in [2.45, 2.75) is 44.6 Å². The Labute approximate surface area is 176 Å². The Morgan fingerprint density at radius 2 is 1.93 bits per heavy atom. The van der Waals surface area contributed by atoms with Crippen LogP contribution >= 0.6 is 0 Å². The first-order valence-electron chi connectivity index (χ1n) is 10.4. The average molecular weight is 427 g/mol. The van der Waals surface area contributed by atoms with Gasteiger partial charge < -0.3 is 9.22 Å². The van der Waals surface area contributed by atoms with Gasteiger partial charge in [0.2, 0.25) is 0 Å². The van der Waals surface area contributed by atoms with Crippen molar-refractivity contribution >= 4 is 15.7 Å². The first-order chi connectivity index (χ1) is 13.2. The number of ether oxygens (including phenoxy) is 1. The fraction of sp³-hybridized carbons (Fsp3) is 0.682. The predicted molar refractivity (Wildman–Crippen MR) is 116 cm³/mol. The van der Waals surface area contributed by atoms with Crippen LogP contribution in [0.5, 0.6) is 5.75 Å². The van der Waals surface area contributed by atoms with E-state index in [4.69, 9.17) is 4.74 Å². The molecule has 1 saturated heterocycles. The van der Waals surface area contributed by atoms with Crippen LogP contribution in [0.2, 0.25) is 0 Å². The first kappa shape index (κ1) is 23.8. The molecule has 2 rings (SSSR count). The Hall–Kier alpha value is -1.44. The Morgan fingerprint density at radius 1 is 1.31 bits per heavy atom. The number of methoxy groups -OCH3 is 1. The molecule has 1 heterocycles. The summed E-state index contributed by atoms with van der Waals surface area (Å²) in [5, 5.41) is 0. The van der Waals surface area contributed by atoms with Crippen LogP contribution in [0.15, 0.2) is 23.1 Å². The highest BCUT2D eigenvalue weighted by molar-refractivity contribution is 7.91. The number of hydrogen-bond donors (Lipinski definition) is 0. The second-order valence-corrected chi connectivity index (χ2v) is 11.9. The van der Waals surface area contributed by atoms with Crippen LogP contribution in [0.4, 0.5) is 0 Å². The summed E-state index contributed by atoms with van der Waals surface area (Å²) in [6.45, 7) is 11.2. The normalized spacial score (nSPS) is 27.8. The molecular formula is C22H38N2O4S+2. The number of quaternary nitrogens is 2. The summed E-state index contributed by atoms with van der Waals surface area (Å²) < 4.78 is 31.2. The van der Waals surface area contributed by atoms with Gasteiger partial charge in [-0.15, -0.1) is 0 Å². The lowest BCUT2D eigenvalue weighted by Crippen LogP contribution is -2.65. The van der Waals surface area contributed by atoms with E-state index in [9.17, 15) is 13.2 Å². The molecule has 0 radical (unpaired) electrons. The van der Waals surface area contributed by atoms with Gasteiger partial charge in [0, 0.05) is 12.3 Å². The van der Waals surface area contributed by atoms with Gasteiger partial charge in [0.15, 0.2) is 9.84 Å². The van der Waals surface area contributed by atoms with Gasteiger partial charge in [0.25, 0.3) is 0 Å². The number of sulfone groups is 1. The summed E-state index contributed by atoms with van der Waals surface area (Å²) in [4.78, 5) is 13.8. The molecule has 0 spiro atoms. The summed E-state index contributed by atoms with van der Waals surface area (Å²) >= 11 is 0. The molecule has 1 aliphatic rings. The lowest BCUT2D eigenvalue weighted by atomic mass is 9.92. The van der Waals surface area contributed by atoms with Gasteiger partial charge in [-0.3, -0.25) is 4.48 Å². The number of hydrogen-bond acceptors (Lipinski definition) is 4. The molecule has 0 aromatic heterocycles. The monoisotopic (exact) mass is 426 g/mol. The topological polar surface area (TPSA) is 60.4 Å². The third kappa shape index (κ3) is 4.37. The molecule has 7 heteroatoms. The summed E-state index contributed by atoms with van der Waals surface area (Å²) in [5.41, 5.74) is 0.292. The van der Waals surface area contributed by atoms with E-state index in [-0.39, 0.29) is 26.6 Å². The average Bonchev–Trinajstić information content (AvgIpc) is 2.88. The quantitative estimate of drug-likeness (QED) is 0.629. The zero-order chi connectivity index (χ0) is 22.3. The third-order valence-corrected chi connectivity index (χ3v) is 8.66. The van der Waals surface area contributed by atoms with E-state index < -0.39 is 9.84 Å². The standard InChI is InChI=1S/C22H38N2O4S/c1-9-24(7)15-17(3)14-22(24,4)16-23(5,6)21(25)19-13-18(29(26,27)10-2)11-12-20(19)28-8/h11-13,17H,9-10,14-16H2,1-8H3/q+2. The minimum atomic E-state index is -3.41. The number of carbonyl (C=O) groups is 1. The number of nitrogens with zero attached hydrogens (tertiary/aromatic N) is 2. The summed E-state index contributed by atoms with van der Waals surface area (Å²) in [6, 6.07) is 4.58. The molecule has 164 valence electrons. The maximum atomic E-state index is 13.6. The smallest absolute Gasteiger partial charge is 0.349 e. The minimum Gasteiger partial charge on any atom is -0.496 e. The van der Waals surface area contributed by atoms with E-state index in [1.165, 1.54) is 19.2 Å². The molecule has 1 aromatic carbocycles. The van der Waals surface area contributed by atoms with Crippen LogP contribution < -0.4 is 4.74 Å². The molecule has 6 nitrogen and oxygen atoms in total. The van der Waals surface area contributed by atoms with E-state index in [0.717, 1.165) is 24.0 Å². The van der Waals surface area contributed by atoms with Gasteiger partial charge in [-0.1, -0.05) is 13.8 Å². The summed E-state index contributed by atoms with van der Waals surface area (Å²) in [5.74, 6) is 0.882.